The molecule has 3 rings (SSSR count). The van der Waals surface area contributed by atoms with Crippen LogP contribution in [-0.2, 0) is 12.8 Å². The number of hydrogen-bond acceptors (Lipinski definition) is 3. The number of nitrogens with zero attached hydrogens (tertiary/aromatic N) is 2. The minimum Gasteiger partial charge on any atom is -0.383 e. The Morgan fingerprint density at radius 2 is 1.89 bits per heavy atom. The summed E-state index contributed by atoms with van der Waals surface area (Å²) in [4.78, 5) is 9.38. The second-order valence-electron chi connectivity index (χ2n) is 5.87. The van der Waals surface area contributed by atoms with Gasteiger partial charge >= 0.3 is 0 Å². The summed E-state index contributed by atoms with van der Waals surface area (Å²) in [5, 5.41) is 0. The third-order valence-electron chi connectivity index (χ3n) is 4.77. The van der Waals surface area contributed by atoms with Crippen LogP contribution in [0.1, 0.15) is 68.4 Å². The Labute approximate surface area is 109 Å². The van der Waals surface area contributed by atoms with E-state index in [9.17, 15) is 0 Å². The van der Waals surface area contributed by atoms with E-state index in [4.69, 9.17) is 10.7 Å². The Morgan fingerprint density at radius 1 is 1.11 bits per heavy atom. The Hall–Kier alpha value is -1.12. The molecule has 18 heavy (non-hydrogen) atoms. The number of nitrogens with two attached hydrogens (primary N) is 1. The van der Waals surface area contributed by atoms with Gasteiger partial charge in [0.1, 0.15) is 11.6 Å². The van der Waals surface area contributed by atoms with Crippen molar-refractivity contribution < 1.29 is 0 Å². The fourth-order valence-corrected chi connectivity index (χ4v) is 3.49. The van der Waals surface area contributed by atoms with E-state index in [1.54, 1.807) is 0 Å². The van der Waals surface area contributed by atoms with Crippen molar-refractivity contribution in [2.75, 3.05) is 5.73 Å². The monoisotopic (exact) mass is 245 g/mol. The number of hydrogen-bond donors (Lipinski definition) is 1. The molecular weight excluding hydrogens is 222 g/mol. The molecule has 0 amide bonds. The molecule has 0 saturated heterocycles. The first kappa shape index (κ1) is 11.9. The van der Waals surface area contributed by atoms with E-state index in [1.807, 2.05) is 0 Å². The van der Waals surface area contributed by atoms with E-state index in [1.165, 1.54) is 49.8 Å². The van der Waals surface area contributed by atoms with Crippen molar-refractivity contribution in [3.8, 4) is 0 Å². The fourth-order valence-electron chi connectivity index (χ4n) is 3.49. The average Bonchev–Trinajstić information content (AvgIpc) is 2.88. The maximum absolute atomic E-state index is 6.08. The number of fused-ring (bicyclic) bond motifs is 1. The molecule has 1 fully saturated rings. The fraction of sp³-hybridized carbons (Fsp3) is 0.733. The van der Waals surface area contributed by atoms with Crippen molar-refractivity contribution in [1.29, 1.82) is 0 Å². The molecule has 2 aliphatic rings. The Bertz CT molecular complexity index is 434. The average molecular weight is 245 g/mol. The first-order valence-corrected chi connectivity index (χ1v) is 7.43. The molecule has 0 radical (unpaired) electrons. The molecule has 3 nitrogen and oxygen atoms in total. The van der Waals surface area contributed by atoms with Gasteiger partial charge < -0.3 is 5.73 Å². The lowest BCUT2D eigenvalue weighted by molar-refractivity contribution is 0.312. The molecular formula is C15H23N3. The molecule has 0 aliphatic heterocycles. The first-order valence-electron chi connectivity index (χ1n) is 7.43. The lowest BCUT2D eigenvalue weighted by atomic mass is 9.80. The lowest BCUT2D eigenvalue weighted by Crippen LogP contribution is -2.16. The summed E-state index contributed by atoms with van der Waals surface area (Å²) >= 11 is 0. The Kier molecular flexibility index (Phi) is 3.23. The predicted molar refractivity (Wildman–Crippen MR) is 73.5 cm³/mol. The zero-order chi connectivity index (χ0) is 12.5. The minimum absolute atomic E-state index is 0.556. The summed E-state index contributed by atoms with van der Waals surface area (Å²) in [6.07, 6.45) is 9.85. The smallest absolute Gasteiger partial charge is 0.134 e. The molecule has 1 heterocycles. The summed E-state index contributed by atoms with van der Waals surface area (Å²) in [7, 11) is 0. The number of aromatic nitrogens is 2. The van der Waals surface area contributed by atoms with Gasteiger partial charge in [-0.3, -0.25) is 0 Å². The van der Waals surface area contributed by atoms with E-state index in [0.717, 1.165) is 30.4 Å². The highest BCUT2D eigenvalue weighted by atomic mass is 15.0. The quantitative estimate of drug-likeness (QED) is 0.870. The molecule has 0 atom stereocenters. The summed E-state index contributed by atoms with van der Waals surface area (Å²) in [6, 6.07) is 0. The maximum Gasteiger partial charge on any atom is 0.134 e. The number of rotatable bonds is 2. The zero-order valence-corrected chi connectivity index (χ0v) is 11.3. The van der Waals surface area contributed by atoms with Gasteiger partial charge in [-0.15, -0.1) is 0 Å². The van der Waals surface area contributed by atoms with E-state index in [2.05, 4.69) is 11.9 Å². The topological polar surface area (TPSA) is 51.8 Å². The van der Waals surface area contributed by atoms with Crippen LogP contribution < -0.4 is 5.73 Å². The van der Waals surface area contributed by atoms with Crippen LogP contribution >= 0.6 is 0 Å². The number of anilines is 1. The maximum atomic E-state index is 6.08. The molecule has 0 unspecified atom stereocenters. The molecule has 1 aromatic rings. The van der Waals surface area contributed by atoms with Crippen molar-refractivity contribution in [1.82, 2.24) is 9.97 Å². The van der Waals surface area contributed by atoms with Crippen LogP contribution in [0.4, 0.5) is 5.82 Å². The van der Waals surface area contributed by atoms with E-state index < -0.39 is 0 Å². The zero-order valence-electron chi connectivity index (χ0n) is 11.3. The van der Waals surface area contributed by atoms with Crippen LogP contribution in [0.5, 0.6) is 0 Å². The van der Waals surface area contributed by atoms with Crippen molar-refractivity contribution in [3.63, 3.8) is 0 Å². The van der Waals surface area contributed by atoms with E-state index >= 15 is 0 Å². The second kappa shape index (κ2) is 4.87. The van der Waals surface area contributed by atoms with Gasteiger partial charge in [0.25, 0.3) is 0 Å². The SMILES string of the molecule is CCC1CCC(c2nc(N)c3c(n2)CCC3)CC1. The minimum atomic E-state index is 0.556. The molecule has 2 N–H and O–H groups in total. The van der Waals surface area contributed by atoms with Crippen LogP contribution in [0.2, 0.25) is 0 Å². The molecule has 1 saturated carbocycles. The van der Waals surface area contributed by atoms with Gasteiger partial charge in [-0.25, -0.2) is 9.97 Å². The van der Waals surface area contributed by atoms with Gasteiger partial charge in [0.15, 0.2) is 0 Å². The standard InChI is InChI=1S/C15H23N3/c1-2-10-6-8-11(9-7-10)15-17-13-5-3-4-12(13)14(16)18-15/h10-11H,2-9H2,1H3,(H2,16,17,18). The molecule has 1 aromatic heterocycles. The van der Waals surface area contributed by atoms with Gasteiger partial charge in [-0.2, -0.15) is 0 Å². The highest BCUT2D eigenvalue weighted by Gasteiger charge is 2.26. The summed E-state index contributed by atoms with van der Waals surface area (Å²) in [6.45, 7) is 2.30. The molecule has 3 heteroatoms. The molecule has 0 aromatic carbocycles. The Morgan fingerprint density at radius 3 is 2.61 bits per heavy atom. The van der Waals surface area contributed by atoms with Crippen molar-refractivity contribution in [2.24, 2.45) is 5.92 Å². The summed E-state index contributed by atoms with van der Waals surface area (Å²) < 4.78 is 0. The molecule has 2 aliphatic carbocycles. The van der Waals surface area contributed by atoms with Crippen LogP contribution in [0, 0.1) is 5.92 Å². The van der Waals surface area contributed by atoms with Crippen molar-refractivity contribution in [2.45, 2.75) is 64.2 Å². The molecule has 98 valence electrons. The van der Waals surface area contributed by atoms with Gasteiger partial charge in [0, 0.05) is 17.2 Å². The first-order chi connectivity index (χ1) is 8.78. The van der Waals surface area contributed by atoms with Crippen LogP contribution in [0.25, 0.3) is 0 Å². The third kappa shape index (κ3) is 2.11. The summed E-state index contributed by atoms with van der Waals surface area (Å²) in [5.74, 6) is 3.27. The van der Waals surface area contributed by atoms with E-state index in [-0.39, 0.29) is 0 Å². The van der Waals surface area contributed by atoms with Gasteiger partial charge in [0.2, 0.25) is 0 Å². The second-order valence-corrected chi connectivity index (χ2v) is 5.87. The van der Waals surface area contributed by atoms with Crippen LogP contribution in [0.3, 0.4) is 0 Å². The third-order valence-corrected chi connectivity index (χ3v) is 4.77. The van der Waals surface area contributed by atoms with Gasteiger partial charge in [-0.05, 0) is 50.9 Å². The normalized spacial score (nSPS) is 27.2. The van der Waals surface area contributed by atoms with Gasteiger partial charge in [0.05, 0.1) is 0 Å². The molecule has 0 spiro atoms. The van der Waals surface area contributed by atoms with Crippen molar-refractivity contribution in [3.05, 3.63) is 17.1 Å². The highest BCUT2D eigenvalue weighted by molar-refractivity contribution is 5.45. The predicted octanol–water partition coefficient (Wildman–Crippen LogP) is 3.23. The van der Waals surface area contributed by atoms with Crippen LogP contribution in [0.15, 0.2) is 0 Å². The lowest BCUT2D eigenvalue weighted by Gasteiger charge is -2.27. The van der Waals surface area contributed by atoms with E-state index in [0.29, 0.717) is 5.92 Å². The molecule has 0 bridgehead atoms. The summed E-state index contributed by atoms with van der Waals surface area (Å²) in [5.41, 5.74) is 8.54. The van der Waals surface area contributed by atoms with Gasteiger partial charge in [-0.1, -0.05) is 13.3 Å². The van der Waals surface area contributed by atoms with Crippen molar-refractivity contribution >= 4 is 5.82 Å². The highest BCUT2D eigenvalue weighted by Crippen LogP contribution is 2.37. The number of aryl methyl sites for hydroxylation is 1. The van der Waals surface area contributed by atoms with Crippen LogP contribution in [-0.4, -0.2) is 9.97 Å². The number of nitrogen functional groups attached to an aromatic ring is 1. The Balaban J connectivity index is 1.79. The largest absolute Gasteiger partial charge is 0.383 e.